The molecular weight excluding hydrogens is 474 g/mol. The van der Waals surface area contributed by atoms with E-state index in [1.165, 1.54) is 13.3 Å². The number of halogens is 1. The van der Waals surface area contributed by atoms with Gasteiger partial charge in [0.2, 0.25) is 5.88 Å². The molecule has 0 bridgehead atoms. The number of methoxy groups -OCH3 is 1. The van der Waals surface area contributed by atoms with Gasteiger partial charge in [0.1, 0.15) is 24.3 Å². The Balaban J connectivity index is 0.00000289. The van der Waals surface area contributed by atoms with E-state index in [1.54, 1.807) is 24.4 Å². The zero-order valence-corrected chi connectivity index (χ0v) is 20.1. The van der Waals surface area contributed by atoms with Crippen LogP contribution in [0.1, 0.15) is 31.4 Å². The largest absolute Gasteiger partial charge is 0.486 e. The van der Waals surface area contributed by atoms with Gasteiger partial charge in [0, 0.05) is 18.7 Å². The topological polar surface area (TPSA) is 128 Å². The summed E-state index contributed by atoms with van der Waals surface area (Å²) in [5.74, 6) is 1.30. The number of anilines is 1. The van der Waals surface area contributed by atoms with Crippen molar-refractivity contribution in [2.45, 2.75) is 43.9 Å². The van der Waals surface area contributed by atoms with Crippen LogP contribution < -0.4 is 24.8 Å². The number of aliphatic hydroxyl groups is 1. The molecule has 1 fully saturated rings. The van der Waals surface area contributed by atoms with Crippen LogP contribution in [-0.4, -0.2) is 57.9 Å². The molecule has 3 aromatic rings. The fourth-order valence-corrected chi connectivity index (χ4v) is 4.32. The molecule has 0 atom stereocenters. The summed E-state index contributed by atoms with van der Waals surface area (Å²) in [5, 5.41) is 17.4. The second-order valence-corrected chi connectivity index (χ2v) is 8.55. The fraction of sp³-hybridized carbons (Fsp3) is 0.417. The van der Waals surface area contributed by atoms with Crippen LogP contribution in [0.2, 0.25) is 0 Å². The van der Waals surface area contributed by atoms with Crippen molar-refractivity contribution >= 4 is 35.0 Å². The van der Waals surface area contributed by atoms with Gasteiger partial charge in [-0.2, -0.15) is 0 Å². The van der Waals surface area contributed by atoms with E-state index in [4.69, 9.17) is 14.2 Å². The number of hydrogen-bond donors (Lipinski definition) is 3. The molecule has 1 aromatic carbocycles. The Morgan fingerprint density at radius 2 is 1.94 bits per heavy atom. The highest BCUT2D eigenvalue weighted by atomic mass is 35.5. The summed E-state index contributed by atoms with van der Waals surface area (Å²) in [5.41, 5.74) is 1.05. The van der Waals surface area contributed by atoms with Crippen molar-refractivity contribution in [3.63, 3.8) is 0 Å². The number of aromatic nitrogens is 3. The number of pyridine rings is 1. The van der Waals surface area contributed by atoms with Gasteiger partial charge in [-0.05, 0) is 37.8 Å². The van der Waals surface area contributed by atoms with E-state index in [9.17, 15) is 9.90 Å². The Labute approximate surface area is 208 Å². The predicted molar refractivity (Wildman–Crippen MR) is 131 cm³/mol. The summed E-state index contributed by atoms with van der Waals surface area (Å²) < 4.78 is 16.3. The minimum Gasteiger partial charge on any atom is -0.486 e. The summed E-state index contributed by atoms with van der Waals surface area (Å²) in [6.45, 7) is 1.64. The molecule has 1 amide bonds. The number of hydrogen-bond acceptors (Lipinski definition) is 9. The minimum absolute atomic E-state index is 0. The number of fused-ring (bicyclic) bond motifs is 2. The molecule has 5 rings (SSSR count). The highest BCUT2D eigenvalue weighted by molar-refractivity contribution is 6.03. The third-order valence-electron chi connectivity index (χ3n) is 6.30. The molecule has 2 aliphatic rings. The molecule has 0 saturated heterocycles. The average Bonchev–Trinajstić information content (AvgIpc) is 2.88. The molecule has 0 unspecified atom stereocenters. The molecule has 1 aliphatic carbocycles. The van der Waals surface area contributed by atoms with Gasteiger partial charge in [-0.25, -0.2) is 9.97 Å². The molecule has 1 saturated carbocycles. The van der Waals surface area contributed by atoms with Gasteiger partial charge in [-0.3, -0.25) is 9.78 Å². The molecule has 2 aromatic heterocycles. The molecule has 1 aliphatic heterocycles. The van der Waals surface area contributed by atoms with E-state index >= 15 is 0 Å². The SMILES string of the molecule is COc1cnc2cccc(NC(=O)C3(O)CCC(NCc4cc5c(cn4)OCCO5)CC3)c2n1.Cl. The van der Waals surface area contributed by atoms with Gasteiger partial charge in [-0.1, -0.05) is 6.07 Å². The normalized spacial score (nSPS) is 21.1. The molecule has 0 spiro atoms. The molecule has 0 radical (unpaired) electrons. The van der Waals surface area contributed by atoms with Gasteiger partial charge in [0.15, 0.2) is 11.5 Å². The minimum atomic E-state index is -1.44. The number of para-hydroxylation sites is 1. The first-order valence-corrected chi connectivity index (χ1v) is 11.4. The number of ether oxygens (including phenoxy) is 3. The number of rotatable bonds is 6. The van der Waals surface area contributed by atoms with Crippen molar-refractivity contribution in [3.05, 3.63) is 42.4 Å². The van der Waals surface area contributed by atoms with Gasteiger partial charge >= 0.3 is 0 Å². The number of nitrogens with one attached hydrogen (secondary N) is 2. The summed E-state index contributed by atoms with van der Waals surface area (Å²) in [6, 6.07) is 7.40. The van der Waals surface area contributed by atoms with Crippen LogP contribution in [0, 0.1) is 0 Å². The number of nitrogens with zero attached hydrogens (tertiary/aromatic N) is 3. The smallest absolute Gasteiger partial charge is 0.256 e. The third kappa shape index (κ3) is 5.39. The molecule has 3 heterocycles. The van der Waals surface area contributed by atoms with Crippen LogP contribution in [0.5, 0.6) is 17.4 Å². The lowest BCUT2D eigenvalue weighted by Crippen LogP contribution is -2.48. The number of carbonyl (C=O) groups is 1. The van der Waals surface area contributed by atoms with Crippen LogP contribution in [0.3, 0.4) is 0 Å². The first kappa shape index (κ1) is 24.9. The van der Waals surface area contributed by atoms with Crippen LogP contribution in [0.15, 0.2) is 36.7 Å². The maximum Gasteiger partial charge on any atom is 0.256 e. The average molecular weight is 502 g/mol. The summed E-state index contributed by atoms with van der Waals surface area (Å²) in [7, 11) is 1.51. The van der Waals surface area contributed by atoms with Crippen LogP contribution in [0.25, 0.3) is 11.0 Å². The summed E-state index contributed by atoms with van der Waals surface area (Å²) in [6.07, 6.45) is 5.24. The number of benzene rings is 1. The molecule has 186 valence electrons. The number of amides is 1. The lowest BCUT2D eigenvalue weighted by Gasteiger charge is -2.35. The second kappa shape index (κ2) is 10.6. The van der Waals surface area contributed by atoms with Gasteiger partial charge in [0.05, 0.1) is 36.4 Å². The van der Waals surface area contributed by atoms with Crippen LogP contribution in [-0.2, 0) is 11.3 Å². The Morgan fingerprint density at radius 3 is 2.71 bits per heavy atom. The van der Waals surface area contributed by atoms with E-state index in [2.05, 4.69) is 25.6 Å². The lowest BCUT2D eigenvalue weighted by molar-refractivity contribution is -0.137. The number of carbonyl (C=O) groups excluding carboxylic acids is 1. The van der Waals surface area contributed by atoms with E-state index in [0.717, 1.165) is 5.69 Å². The van der Waals surface area contributed by atoms with Gasteiger partial charge in [0.25, 0.3) is 5.91 Å². The second-order valence-electron chi connectivity index (χ2n) is 8.55. The van der Waals surface area contributed by atoms with Crippen LogP contribution >= 0.6 is 12.4 Å². The highest BCUT2D eigenvalue weighted by Crippen LogP contribution is 2.32. The van der Waals surface area contributed by atoms with Crippen molar-refractivity contribution in [1.82, 2.24) is 20.3 Å². The maximum atomic E-state index is 13.0. The van der Waals surface area contributed by atoms with Crippen molar-refractivity contribution in [1.29, 1.82) is 0 Å². The van der Waals surface area contributed by atoms with Crippen molar-refractivity contribution in [2.75, 3.05) is 25.6 Å². The molecule has 10 nitrogen and oxygen atoms in total. The van der Waals surface area contributed by atoms with Crippen molar-refractivity contribution < 1.29 is 24.1 Å². The third-order valence-corrected chi connectivity index (χ3v) is 6.30. The highest BCUT2D eigenvalue weighted by Gasteiger charge is 2.40. The zero-order chi connectivity index (χ0) is 23.5. The monoisotopic (exact) mass is 501 g/mol. The van der Waals surface area contributed by atoms with Gasteiger partial charge < -0.3 is 30.0 Å². The fourth-order valence-electron chi connectivity index (χ4n) is 4.32. The maximum absolute atomic E-state index is 13.0. The van der Waals surface area contributed by atoms with E-state index in [0.29, 0.717) is 79.5 Å². The predicted octanol–water partition coefficient (Wildman–Crippen LogP) is 2.63. The standard InChI is InChI=1S/C24H27N5O5.ClH/c1-32-21-14-27-17-3-2-4-18(22(17)29-21)28-23(30)24(31)7-5-15(6-8-24)25-12-16-11-19-20(13-26-16)34-10-9-33-19;/h2-4,11,13-15,25,31H,5-10,12H2,1H3,(H,28,30);1H. The van der Waals surface area contributed by atoms with Crippen molar-refractivity contribution in [2.24, 2.45) is 0 Å². The van der Waals surface area contributed by atoms with E-state index < -0.39 is 11.5 Å². The lowest BCUT2D eigenvalue weighted by atomic mass is 9.81. The first-order chi connectivity index (χ1) is 16.5. The molecular formula is C24H28ClN5O5. The van der Waals surface area contributed by atoms with Gasteiger partial charge in [-0.15, -0.1) is 12.4 Å². The van der Waals surface area contributed by atoms with E-state index in [-0.39, 0.29) is 18.4 Å². The Bertz CT molecular complexity index is 1200. The zero-order valence-electron chi connectivity index (χ0n) is 19.3. The quantitative estimate of drug-likeness (QED) is 0.467. The Hall–Kier alpha value is -3.21. The summed E-state index contributed by atoms with van der Waals surface area (Å²) in [4.78, 5) is 26.1. The van der Waals surface area contributed by atoms with E-state index in [1.807, 2.05) is 6.07 Å². The Kier molecular flexibility index (Phi) is 7.54. The first-order valence-electron chi connectivity index (χ1n) is 11.4. The molecule has 3 N–H and O–H groups in total. The van der Waals surface area contributed by atoms with Crippen LogP contribution in [0.4, 0.5) is 5.69 Å². The molecule has 35 heavy (non-hydrogen) atoms. The van der Waals surface area contributed by atoms with Crippen molar-refractivity contribution in [3.8, 4) is 17.4 Å². The molecule has 11 heteroatoms. The summed E-state index contributed by atoms with van der Waals surface area (Å²) >= 11 is 0. The Morgan fingerprint density at radius 1 is 1.17 bits per heavy atom.